The predicted octanol–water partition coefficient (Wildman–Crippen LogP) is -0.286. The third-order valence-corrected chi connectivity index (χ3v) is 6.99. The molecule has 35 heavy (non-hydrogen) atoms. The number of esters is 2. The van der Waals surface area contributed by atoms with Crippen molar-refractivity contribution in [3.63, 3.8) is 0 Å². The van der Waals surface area contributed by atoms with E-state index >= 15 is 0 Å². The summed E-state index contributed by atoms with van der Waals surface area (Å²) in [7, 11) is 1.25. The van der Waals surface area contributed by atoms with Crippen molar-refractivity contribution >= 4 is 11.9 Å². The summed E-state index contributed by atoms with van der Waals surface area (Å²) in [6.45, 7) is 1.23. The number of fused-ring (bicyclic) bond motifs is 1. The van der Waals surface area contributed by atoms with E-state index < -0.39 is 73.5 Å². The highest BCUT2D eigenvalue weighted by molar-refractivity contribution is 5.90. The summed E-state index contributed by atoms with van der Waals surface area (Å²) >= 11 is 0. The molecule has 4 N–H and O–H groups in total. The first-order valence-electron chi connectivity index (χ1n) is 11.4. The average Bonchev–Trinajstić information content (AvgIpc) is 3.20. The van der Waals surface area contributed by atoms with Crippen LogP contribution in [0.15, 0.2) is 42.2 Å². The van der Waals surface area contributed by atoms with Gasteiger partial charge >= 0.3 is 11.9 Å². The minimum atomic E-state index is -1.62. The van der Waals surface area contributed by atoms with E-state index in [1.54, 1.807) is 30.3 Å². The first-order valence-corrected chi connectivity index (χ1v) is 11.4. The van der Waals surface area contributed by atoms with Crippen molar-refractivity contribution in [3.05, 3.63) is 47.7 Å². The van der Waals surface area contributed by atoms with Gasteiger partial charge in [-0.1, -0.05) is 25.1 Å². The fourth-order valence-corrected chi connectivity index (χ4v) is 5.01. The molecule has 0 radical (unpaired) electrons. The summed E-state index contributed by atoms with van der Waals surface area (Å²) in [6, 6.07) is 8.52. The molecule has 0 bridgehead atoms. The van der Waals surface area contributed by atoms with E-state index in [1.807, 2.05) is 6.92 Å². The summed E-state index contributed by atoms with van der Waals surface area (Å²) in [5.41, 5.74) is 0.653. The molecule has 11 heteroatoms. The SMILES string of the molecule is COC(=O)C1=CO[C@@H](O[C@@H]2O[C@H](CO)[C@@H](O)[C@H](O)[C@H]2O)[C@@H]2[C@@H](C)[C@@H](OC(=O)c3ccccc3)C[C@H]12. The second kappa shape index (κ2) is 10.6. The van der Waals surface area contributed by atoms with Gasteiger partial charge < -0.3 is 44.1 Å². The van der Waals surface area contributed by atoms with Gasteiger partial charge in [0.2, 0.25) is 6.29 Å². The van der Waals surface area contributed by atoms with Gasteiger partial charge in [-0.25, -0.2) is 9.59 Å². The Hall–Kier alpha value is -2.54. The third-order valence-electron chi connectivity index (χ3n) is 6.99. The van der Waals surface area contributed by atoms with Crippen LogP contribution in [0.5, 0.6) is 0 Å². The van der Waals surface area contributed by atoms with Gasteiger partial charge in [0.1, 0.15) is 30.5 Å². The molecular formula is C24H30O11. The number of ether oxygens (including phenoxy) is 5. The van der Waals surface area contributed by atoms with Crippen molar-refractivity contribution in [1.82, 2.24) is 0 Å². The van der Waals surface area contributed by atoms with Gasteiger partial charge in [-0.05, 0) is 18.6 Å². The molecule has 2 heterocycles. The van der Waals surface area contributed by atoms with Gasteiger partial charge in [-0.15, -0.1) is 0 Å². The zero-order valence-electron chi connectivity index (χ0n) is 19.3. The van der Waals surface area contributed by atoms with Gasteiger partial charge in [-0.2, -0.15) is 0 Å². The van der Waals surface area contributed by atoms with Gasteiger partial charge in [0.05, 0.1) is 31.1 Å². The highest BCUT2D eigenvalue weighted by Gasteiger charge is 2.54. The molecule has 10 atom stereocenters. The number of aliphatic hydroxyl groups excluding tert-OH is 4. The Morgan fingerprint density at radius 3 is 2.40 bits per heavy atom. The Labute approximate surface area is 201 Å². The zero-order valence-corrected chi connectivity index (χ0v) is 19.3. The molecule has 0 aromatic heterocycles. The molecule has 1 saturated heterocycles. The van der Waals surface area contributed by atoms with Crippen molar-refractivity contribution in [2.24, 2.45) is 17.8 Å². The van der Waals surface area contributed by atoms with Crippen molar-refractivity contribution < 1.29 is 53.7 Å². The van der Waals surface area contributed by atoms with Crippen LogP contribution in [0.25, 0.3) is 0 Å². The number of hydrogen-bond acceptors (Lipinski definition) is 11. The van der Waals surface area contributed by atoms with Crippen LogP contribution in [0.3, 0.4) is 0 Å². The number of rotatable bonds is 6. The van der Waals surface area contributed by atoms with Crippen LogP contribution in [0.4, 0.5) is 0 Å². The topological polar surface area (TPSA) is 161 Å². The predicted molar refractivity (Wildman–Crippen MR) is 116 cm³/mol. The van der Waals surface area contributed by atoms with E-state index in [4.69, 9.17) is 23.7 Å². The number of methoxy groups -OCH3 is 1. The monoisotopic (exact) mass is 494 g/mol. The first kappa shape index (κ1) is 25.5. The maximum absolute atomic E-state index is 12.7. The second-order valence-corrected chi connectivity index (χ2v) is 8.99. The lowest BCUT2D eigenvalue weighted by Gasteiger charge is -2.43. The molecule has 4 rings (SSSR count). The average molecular weight is 494 g/mol. The van der Waals surface area contributed by atoms with E-state index in [9.17, 15) is 30.0 Å². The first-order chi connectivity index (χ1) is 16.8. The molecule has 2 fully saturated rings. The Kier molecular flexibility index (Phi) is 7.74. The second-order valence-electron chi connectivity index (χ2n) is 8.99. The van der Waals surface area contributed by atoms with Crippen molar-refractivity contribution in [2.75, 3.05) is 13.7 Å². The fourth-order valence-electron chi connectivity index (χ4n) is 5.01. The Morgan fingerprint density at radius 2 is 1.74 bits per heavy atom. The number of carbonyl (C=O) groups is 2. The van der Waals surface area contributed by atoms with Gasteiger partial charge in [0, 0.05) is 17.8 Å². The third kappa shape index (κ3) is 4.92. The van der Waals surface area contributed by atoms with E-state index in [2.05, 4.69) is 0 Å². The number of hydrogen-bond donors (Lipinski definition) is 4. The van der Waals surface area contributed by atoms with E-state index in [1.165, 1.54) is 13.4 Å². The smallest absolute Gasteiger partial charge is 0.338 e. The zero-order chi connectivity index (χ0) is 25.3. The molecule has 2 aliphatic heterocycles. The van der Waals surface area contributed by atoms with Crippen molar-refractivity contribution in [3.8, 4) is 0 Å². The maximum Gasteiger partial charge on any atom is 0.338 e. The van der Waals surface area contributed by atoms with E-state index in [-0.39, 0.29) is 11.5 Å². The summed E-state index contributed by atoms with van der Waals surface area (Å²) in [5.74, 6) is -2.38. The number of aliphatic hydroxyl groups is 4. The summed E-state index contributed by atoms with van der Waals surface area (Å²) in [4.78, 5) is 25.1. The van der Waals surface area contributed by atoms with Gasteiger partial charge in [0.25, 0.3) is 0 Å². The van der Waals surface area contributed by atoms with Gasteiger partial charge in [-0.3, -0.25) is 0 Å². The summed E-state index contributed by atoms with van der Waals surface area (Å²) < 4.78 is 27.7. The van der Waals surface area contributed by atoms with Crippen molar-refractivity contribution in [1.29, 1.82) is 0 Å². The van der Waals surface area contributed by atoms with E-state index in [0.717, 1.165) is 0 Å². The molecule has 1 saturated carbocycles. The summed E-state index contributed by atoms with van der Waals surface area (Å²) in [6.07, 6.45) is -7.45. The van der Waals surface area contributed by atoms with Crippen LogP contribution < -0.4 is 0 Å². The number of benzene rings is 1. The quantitative estimate of drug-likeness (QED) is 0.385. The van der Waals surface area contributed by atoms with Crippen LogP contribution >= 0.6 is 0 Å². The Balaban J connectivity index is 1.55. The lowest BCUT2D eigenvalue weighted by atomic mass is 9.83. The molecule has 0 unspecified atom stereocenters. The van der Waals surface area contributed by atoms with Crippen LogP contribution in [0, 0.1) is 17.8 Å². The molecule has 1 aromatic rings. The maximum atomic E-state index is 12.7. The molecule has 192 valence electrons. The fraction of sp³-hybridized carbons (Fsp3) is 0.583. The van der Waals surface area contributed by atoms with Crippen LogP contribution in [-0.4, -0.2) is 89.2 Å². The Bertz CT molecular complexity index is 933. The highest BCUT2D eigenvalue weighted by Crippen LogP contribution is 2.48. The molecule has 1 aromatic carbocycles. The highest BCUT2D eigenvalue weighted by atomic mass is 16.8. The van der Waals surface area contributed by atoms with Crippen molar-refractivity contribution in [2.45, 2.75) is 56.4 Å². The molecule has 0 amide bonds. The Morgan fingerprint density at radius 1 is 1.03 bits per heavy atom. The van der Waals surface area contributed by atoms with Gasteiger partial charge in [0.15, 0.2) is 6.29 Å². The molecule has 3 aliphatic rings. The number of carbonyl (C=O) groups excluding carboxylic acids is 2. The molecule has 11 nitrogen and oxygen atoms in total. The van der Waals surface area contributed by atoms with Crippen LogP contribution in [-0.2, 0) is 28.5 Å². The minimum absolute atomic E-state index is 0.260. The van der Waals surface area contributed by atoms with Crippen LogP contribution in [0.2, 0.25) is 0 Å². The lowest BCUT2D eigenvalue weighted by molar-refractivity contribution is -0.342. The minimum Gasteiger partial charge on any atom is -0.472 e. The normalized spacial score (nSPS) is 38.6. The lowest BCUT2D eigenvalue weighted by Crippen LogP contribution is -2.60. The molecule has 1 aliphatic carbocycles. The molecule has 0 spiro atoms. The summed E-state index contributed by atoms with van der Waals surface area (Å²) in [5, 5.41) is 39.9. The van der Waals surface area contributed by atoms with Crippen LogP contribution in [0.1, 0.15) is 23.7 Å². The largest absolute Gasteiger partial charge is 0.472 e. The standard InChI is InChI=1S/C24H30O11/c1-11-15(33-21(29)12-6-4-3-5-7-12)8-13-14(22(30)31-2)10-32-23(17(11)13)35-24-20(28)19(27)18(26)16(9-25)34-24/h3-7,10-11,13,15-20,23-28H,8-9H2,1-2H3/t11-,13+,15-,16+,17+,18+,19-,20+,23-,24-/m0/s1. The molecular weight excluding hydrogens is 464 g/mol. The van der Waals surface area contributed by atoms with E-state index in [0.29, 0.717) is 12.0 Å².